The van der Waals surface area contributed by atoms with E-state index >= 15 is 0 Å². The van der Waals surface area contributed by atoms with E-state index in [9.17, 15) is 9.59 Å². The Kier molecular flexibility index (Phi) is 6.12. The Labute approximate surface area is 115 Å². The SMILES string of the molecule is COC(=O)[C@@H](NC(=O)N[C@H]1CCCC[C@H]1C)C(C)C. The Balaban J connectivity index is 2.50. The smallest absolute Gasteiger partial charge is 0.328 e. The summed E-state index contributed by atoms with van der Waals surface area (Å²) in [6, 6.07) is -0.661. The van der Waals surface area contributed by atoms with E-state index in [1.54, 1.807) is 0 Å². The summed E-state index contributed by atoms with van der Waals surface area (Å²) in [7, 11) is 1.33. The second-order valence-electron chi connectivity index (χ2n) is 5.73. The minimum absolute atomic E-state index is 0.00183. The van der Waals surface area contributed by atoms with E-state index in [2.05, 4.69) is 17.6 Å². The predicted octanol–water partition coefficient (Wildman–Crippen LogP) is 2.06. The van der Waals surface area contributed by atoms with E-state index in [1.165, 1.54) is 13.5 Å². The number of ether oxygens (including phenoxy) is 1. The highest BCUT2D eigenvalue weighted by Gasteiger charge is 2.27. The van der Waals surface area contributed by atoms with Gasteiger partial charge in [0, 0.05) is 6.04 Å². The number of carbonyl (C=O) groups is 2. The van der Waals surface area contributed by atoms with Crippen LogP contribution in [0, 0.1) is 11.8 Å². The molecule has 0 bridgehead atoms. The molecule has 19 heavy (non-hydrogen) atoms. The van der Waals surface area contributed by atoms with E-state index < -0.39 is 12.0 Å². The molecule has 0 radical (unpaired) electrons. The number of esters is 1. The lowest BCUT2D eigenvalue weighted by Crippen LogP contribution is -2.52. The summed E-state index contributed by atoms with van der Waals surface area (Å²) >= 11 is 0. The van der Waals surface area contributed by atoms with Crippen molar-refractivity contribution in [2.45, 2.75) is 58.5 Å². The Bertz CT molecular complexity index is 318. The molecule has 0 aromatic rings. The first-order valence-corrected chi connectivity index (χ1v) is 7.10. The van der Waals surface area contributed by atoms with Gasteiger partial charge in [-0.05, 0) is 24.7 Å². The first-order chi connectivity index (χ1) is 8.95. The van der Waals surface area contributed by atoms with Crippen LogP contribution >= 0.6 is 0 Å². The summed E-state index contributed by atoms with van der Waals surface area (Å²) in [4.78, 5) is 23.5. The van der Waals surface area contributed by atoms with Gasteiger partial charge in [0.15, 0.2) is 0 Å². The Hall–Kier alpha value is -1.26. The van der Waals surface area contributed by atoms with Gasteiger partial charge in [0.1, 0.15) is 6.04 Å². The molecular formula is C14H26N2O3. The zero-order valence-electron chi connectivity index (χ0n) is 12.4. The second kappa shape index (κ2) is 7.36. The zero-order chi connectivity index (χ0) is 14.4. The zero-order valence-corrected chi connectivity index (χ0v) is 12.4. The molecule has 1 fully saturated rings. The van der Waals surface area contributed by atoms with Crippen LogP contribution in [0.2, 0.25) is 0 Å². The van der Waals surface area contributed by atoms with Gasteiger partial charge in [0.05, 0.1) is 7.11 Å². The standard InChI is InChI=1S/C14H26N2O3/c1-9(2)12(13(17)19-4)16-14(18)15-11-8-6-5-7-10(11)3/h9-12H,5-8H2,1-4H3,(H2,15,16,18)/t10-,11+,12+/m1/s1. The molecule has 1 aliphatic rings. The Morgan fingerprint density at radius 2 is 1.84 bits per heavy atom. The van der Waals surface area contributed by atoms with Crippen LogP contribution in [0.15, 0.2) is 0 Å². The third kappa shape index (κ3) is 4.73. The van der Waals surface area contributed by atoms with Crippen LogP contribution in [-0.2, 0) is 9.53 Å². The molecule has 0 aromatic carbocycles. The summed E-state index contributed by atoms with van der Waals surface area (Å²) in [5.41, 5.74) is 0. The van der Waals surface area contributed by atoms with Crippen LogP contribution in [0.5, 0.6) is 0 Å². The molecule has 2 N–H and O–H groups in total. The average molecular weight is 270 g/mol. The first-order valence-electron chi connectivity index (χ1n) is 7.10. The molecule has 5 heteroatoms. The van der Waals surface area contributed by atoms with Crippen molar-refractivity contribution in [2.75, 3.05) is 7.11 Å². The topological polar surface area (TPSA) is 67.4 Å². The highest BCUT2D eigenvalue weighted by Crippen LogP contribution is 2.23. The van der Waals surface area contributed by atoms with Crippen molar-refractivity contribution in [1.29, 1.82) is 0 Å². The fourth-order valence-electron chi connectivity index (χ4n) is 2.51. The number of rotatable bonds is 4. The fraction of sp³-hybridized carbons (Fsp3) is 0.857. The van der Waals surface area contributed by atoms with Gasteiger partial charge in [0.2, 0.25) is 0 Å². The molecule has 5 nitrogen and oxygen atoms in total. The van der Waals surface area contributed by atoms with E-state index in [-0.39, 0.29) is 18.0 Å². The molecule has 3 atom stereocenters. The van der Waals surface area contributed by atoms with Crippen molar-refractivity contribution in [2.24, 2.45) is 11.8 Å². The minimum Gasteiger partial charge on any atom is -0.467 e. The number of hydrogen-bond donors (Lipinski definition) is 2. The number of methoxy groups -OCH3 is 1. The highest BCUT2D eigenvalue weighted by atomic mass is 16.5. The number of urea groups is 1. The number of hydrogen-bond acceptors (Lipinski definition) is 3. The van der Waals surface area contributed by atoms with Crippen molar-refractivity contribution < 1.29 is 14.3 Å². The van der Waals surface area contributed by atoms with Gasteiger partial charge < -0.3 is 15.4 Å². The second-order valence-corrected chi connectivity index (χ2v) is 5.73. The Morgan fingerprint density at radius 3 is 2.37 bits per heavy atom. The van der Waals surface area contributed by atoms with Gasteiger partial charge in [-0.15, -0.1) is 0 Å². The van der Waals surface area contributed by atoms with E-state index in [0.29, 0.717) is 5.92 Å². The maximum Gasteiger partial charge on any atom is 0.328 e. The lowest BCUT2D eigenvalue weighted by molar-refractivity contribution is -0.144. The number of amides is 2. The largest absolute Gasteiger partial charge is 0.467 e. The number of carbonyl (C=O) groups excluding carboxylic acids is 2. The molecule has 1 aliphatic carbocycles. The van der Waals surface area contributed by atoms with Crippen LogP contribution in [0.4, 0.5) is 4.79 Å². The quantitative estimate of drug-likeness (QED) is 0.768. The number of nitrogens with one attached hydrogen (secondary N) is 2. The van der Waals surface area contributed by atoms with Crippen molar-refractivity contribution in [3.05, 3.63) is 0 Å². The van der Waals surface area contributed by atoms with E-state index in [0.717, 1.165) is 19.3 Å². The molecule has 1 saturated carbocycles. The summed E-state index contributed by atoms with van der Waals surface area (Å²) in [6.45, 7) is 5.92. The summed E-state index contributed by atoms with van der Waals surface area (Å²) in [5, 5.41) is 5.69. The van der Waals surface area contributed by atoms with Gasteiger partial charge in [0.25, 0.3) is 0 Å². The minimum atomic E-state index is -0.594. The van der Waals surface area contributed by atoms with Crippen LogP contribution in [0.1, 0.15) is 46.5 Å². The van der Waals surface area contributed by atoms with Gasteiger partial charge in [-0.2, -0.15) is 0 Å². The molecule has 0 aromatic heterocycles. The Morgan fingerprint density at radius 1 is 1.21 bits per heavy atom. The molecule has 0 heterocycles. The van der Waals surface area contributed by atoms with E-state index in [1.807, 2.05) is 13.8 Å². The average Bonchev–Trinajstić information content (AvgIpc) is 2.37. The maximum atomic E-state index is 12.0. The summed E-state index contributed by atoms with van der Waals surface area (Å²) < 4.78 is 4.70. The lowest BCUT2D eigenvalue weighted by atomic mass is 9.86. The normalized spacial score (nSPS) is 24.7. The monoisotopic (exact) mass is 270 g/mol. The van der Waals surface area contributed by atoms with Gasteiger partial charge in [-0.25, -0.2) is 9.59 Å². The van der Waals surface area contributed by atoms with Crippen LogP contribution in [0.25, 0.3) is 0 Å². The van der Waals surface area contributed by atoms with Crippen molar-refractivity contribution in [3.63, 3.8) is 0 Å². The van der Waals surface area contributed by atoms with Crippen molar-refractivity contribution >= 4 is 12.0 Å². The van der Waals surface area contributed by atoms with E-state index in [4.69, 9.17) is 4.74 Å². The van der Waals surface area contributed by atoms with Crippen molar-refractivity contribution in [3.8, 4) is 0 Å². The third-order valence-electron chi connectivity index (χ3n) is 3.84. The molecule has 110 valence electrons. The third-order valence-corrected chi connectivity index (χ3v) is 3.84. The lowest BCUT2D eigenvalue weighted by Gasteiger charge is -2.30. The van der Waals surface area contributed by atoms with Crippen LogP contribution in [-0.4, -0.2) is 31.2 Å². The van der Waals surface area contributed by atoms with Gasteiger partial charge >= 0.3 is 12.0 Å². The van der Waals surface area contributed by atoms with Crippen LogP contribution in [0.3, 0.4) is 0 Å². The first kappa shape index (κ1) is 15.8. The molecule has 0 saturated heterocycles. The van der Waals surface area contributed by atoms with Gasteiger partial charge in [-0.1, -0.05) is 33.6 Å². The fourth-order valence-corrected chi connectivity index (χ4v) is 2.51. The molecule has 2 amide bonds. The molecular weight excluding hydrogens is 244 g/mol. The van der Waals surface area contributed by atoms with Crippen molar-refractivity contribution in [1.82, 2.24) is 10.6 Å². The maximum absolute atomic E-state index is 12.0. The summed E-state index contributed by atoms with van der Waals surface area (Å²) in [5.74, 6) is 0.0962. The highest BCUT2D eigenvalue weighted by molar-refractivity contribution is 5.83. The molecule has 0 unspecified atom stereocenters. The predicted molar refractivity (Wildman–Crippen MR) is 73.7 cm³/mol. The molecule has 0 spiro atoms. The van der Waals surface area contributed by atoms with Gasteiger partial charge in [-0.3, -0.25) is 0 Å². The molecule has 1 rings (SSSR count). The molecule has 0 aliphatic heterocycles. The van der Waals surface area contributed by atoms with Crippen LogP contribution < -0.4 is 10.6 Å². The summed E-state index contributed by atoms with van der Waals surface area (Å²) in [6.07, 6.45) is 4.55.